The fraction of sp³-hybridized carbons (Fsp3) is 0.269. The molecule has 1 N–H and O–H groups in total. The van der Waals surface area contributed by atoms with E-state index in [2.05, 4.69) is 4.98 Å². The molecule has 0 bridgehead atoms. The molecule has 0 saturated heterocycles. The summed E-state index contributed by atoms with van der Waals surface area (Å²) in [7, 11) is 1.39. The quantitative estimate of drug-likeness (QED) is 0.386. The molecule has 2 aromatic carbocycles. The molecule has 32 heavy (non-hydrogen) atoms. The summed E-state index contributed by atoms with van der Waals surface area (Å²) in [5, 5.41) is 10.2. The van der Waals surface area contributed by atoms with E-state index in [1.165, 1.54) is 19.4 Å². The number of carbonyl (C=O) groups is 2. The molecule has 6 nitrogen and oxygen atoms in total. The zero-order chi connectivity index (χ0) is 23.1. The molecule has 0 saturated carbocycles. The Labute approximate surface area is 187 Å². The molecule has 0 fully saturated rings. The number of hydrogen-bond donors (Lipinski definition) is 1. The van der Waals surface area contributed by atoms with Crippen LogP contribution in [-0.2, 0) is 9.53 Å². The third-order valence-corrected chi connectivity index (χ3v) is 5.35. The van der Waals surface area contributed by atoms with Crippen molar-refractivity contribution in [2.45, 2.75) is 32.3 Å². The van der Waals surface area contributed by atoms with Crippen LogP contribution in [-0.4, -0.2) is 35.1 Å². The van der Waals surface area contributed by atoms with E-state index >= 15 is 0 Å². The van der Waals surface area contributed by atoms with Crippen molar-refractivity contribution in [3.05, 3.63) is 89.7 Å². The van der Waals surface area contributed by atoms with Crippen LogP contribution in [0.15, 0.2) is 72.9 Å². The van der Waals surface area contributed by atoms with Gasteiger partial charge in [0.25, 0.3) is 0 Å². The molecule has 0 aliphatic heterocycles. The lowest BCUT2D eigenvalue weighted by molar-refractivity contribution is -0.153. The fourth-order valence-corrected chi connectivity index (χ4v) is 3.69. The first-order valence-electron chi connectivity index (χ1n) is 10.5. The summed E-state index contributed by atoms with van der Waals surface area (Å²) < 4.78 is 10.8. The maximum absolute atomic E-state index is 12.8. The minimum atomic E-state index is -0.704. The average molecular weight is 434 g/mol. The van der Waals surface area contributed by atoms with Crippen molar-refractivity contribution in [2.75, 3.05) is 7.11 Å². The van der Waals surface area contributed by atoms with Crippen molar-refractivity contribution in [1.82, 2.24) is 4.98 Å². The van der Waals surface area contributed by atoms with E-state index < -0.39 is 23.8 Å². The Bertz CT molecular complexity index is 1010. The van der Waals surface area contributed by atoms with E-state index in [1.54, 1.807) is 6.92 Å². The fourth-order valence-electron chi connectivity index (χ4n) is 3.69. The lowest BCUT2D eigenvalue weighted by atomic mass is 9.87. The molecule has 0 aliphatic rings. The lowest BCUT2D eigenvalue weighted by Crippen LogP contribution is -2.27. The Morgan fingerprint density at radius 2 is 1.50 bits per heavy atom. The summed E-state index contributed by atoms with van der Waals surface area (Å²) in [6.45, 7) is 3.48. The van der Waals surface area contributed by atoms with Crippen LogP contribution in [0.5, 0.6) is 11.5 Å². The molecule has 1 heterocycles. The highest BCUT2D eigenvalue weighted by Gasteiger charge is 2.28. The van der Waals surface area contributed by atoms with Gasteiger partial charge in [-0.15, -0.1) is 0 Å². The summed E-state index contributed by atoms with van der Waals surface area (Å²) in [4.78, 5) is 29.4. The Balaban J connectivity index is 1.72. The van der Waals surface area contributed by atoms with Crippen molar-refractivity contribution >= 4 is 11.8 Å². The van der Waals surface area contributed by atoms with Gasteiger partial charge in [-0.3, -0.25) is 9.59 Å². The lowest BCUT2D eigenvalue weighted by Gasteiger charge is -2.26. The summed E-state index contributed by atoms with van der Waals surface area (Å²) >= 11 is 0. The van der Waals surface area contributed by atoms with Gasteiger partial charge in [0.05, 0.1) is 13.0 Å². The number of aromatic nitrogens is 1. The zero-order valence-electron chi connectivity index (χ0n) is 18.4. The Hall–Kier alpha value is -3.67. The molecule has 0 aliphatic carbocycles. The standard InChI is InChI=1S/C26H27NO5/c1-17(16-21(28)24-25(29)22(31-3)14-15-27-24)26(30)32-18(2)23(19-10-6-4-7-11-19)20-12-8-5-9-13-20/h4-15,17-18,23,29H,16H2,1-3H3/t17-,18+/m1/s1. The smallest absolute Gasteiger partial charge is 0.309 e. The molecule has 0 radical (unpaired) electrons. The van der Waals surface area contributed by atoms with Crippen LogP contribution >= 0.6 is 0 Å². The van der Waals surface area contributed by atoms with Gasteiger partial charge in [-0.25, -0.2) is 4.98 Å². The van der Waals surface area contributed by atoms with Gasteiger partial charge < -0.3 is 14.6 Å². The number of hydrogen-bond acceptors (Lipinski definition) is 6. The second-order valence-electron chi connectivity index (χ2n) is 7.68. The van der Waals surface area contributed by atoms with Crippen molar-refractivity contribution in [2.24, 2.45) is 5.92 Å². The van der Waals surface area contributed by atoms with Crippen molar-refractivity contribution in [3.8, 4) is 11.5 Å². The van der Waals surface area contributed by atoms with Crippen LogP contribution < -0.4 is 4.74 Å². The third kappa shape index (κ3) is 5.32. The van der Waals surface area contributed by atoms with E-state index in [-0.39, 0.29) is 29.5 Å². The van der Waals surface area contributed by atoms with Gasteiger partial charge in [-0.1, -0.05) is 67.6 Å². The van der Waals surface area contributed by atoms with Crippen molar-refractivity contribution < 1.29 is 24.2 Å². The highest BCUT2D eigenvalue weighted by Crippen LogP contribution is 2.31. The van der Waals surface area contributed by atoms with E-state index in [9.17, 15) is 14.7 Å². The number of esters is 1. The van der Waals surface area contributed by atoms with Crippen LogP contribution in [0.3, 0.4) is 0 Å². The molecule has 3 rings (SSSR count). The molecule has 0 spiro atoms. The minimum absolute atomic E-state index is 0.122. The second kappa shape index (κ2) is 10.6. The first kappa shape index (κ1) is 23.0. The van der Waals surface area contributed by atoms with Crippen LogP contribution in [0.1, 0.15) is 47.8 Å². The van der Waals surface area contributed by atoms with Crippen LogP contribution in [0, 0.1) is 5.92 Å². The molecule has 166 valence electrons. The number of methoxy groups -OCH3 is 1. The number of carbonyl (C=O) groups excluding carboxylic acids is 2. The van der Waals surface area contributed by atoms with E-state index in [1.807, 2.05) is 67.6 Å². The Morgan fingerprint density at radius 3 is 2.03 bits per heavy atom. The van der Waals surface area contributed by atoms with Crippen LogP contribution in [0.2, 0.25) is 0 Å². The number of pyridine rings is 1. The van der Waals surface area contributed by atoms with Crippen molar-refractivity contribution in [3.63, 3.8) is 0 Å². The van der Waals surface area contributed by atoms with Crippen molar-refractivity contribution in [1.29, 1.82) is 0 Å². The molecule has 1 aromatic heterocycles. The van der Waals surface area contributed by atoms with Gasteiger partial charge in [-0.05, 0) is 18.1 Å². The number of benzene rings is 2. The van der Waals surface area contributed by atoms with E-state index in [4.69, 9.17) is 9.47 Å². The first-order chi connectivity index (χ1) is 15.4. The predicted octanol–water partition coefficient (Wildman–Crippen LogP) is 4.77. The molecule has 6 heteroatoms. The maximum atomic E-state index is 12.8. The number of rotatable bonds is 9. The monoisotopic (exact) mass is 433 g/mol. The molecule has 2 atom stereocenters. The average Bonchev–Trinajstić information content (AvgIpc) is 2.80. The Morgan fingerprint density at radius 1 is 0.938 bits per heavy atom. The first-order valence-corrected chi connectivity index (χ1v) is 10.5. The van der Waals surface area contributed by atoms with Gasteiger partial charge in [0, 0.05) is 24.6 Å². The van der Waals surface area contributed by atoms with Crippen LogP contribution in [0.4, 0.5) is 0 Å². The summed E-state index contributed by atoms with van der Waals surface area (Å²) in [6.07, 6.45) is 0.787. The number of aromatic hydroxyl groups is 1. The SMILES string of the molecule is COc1ccnc(C(=O)C[C@@H](C)C(=O)O[C@@H](C)C(c2ccccc2)c2ccccc2)c1O. The minimum Gasteiger partial charge on any atom is -0.503 e. The summed E-state index contributed by atoms with van der Waals surface area (Å²) in [6, 6.07) is 21.2. The maximum Gasteiger partial charge on any atom is 0.309 e. The van der Waals surface area contributed by atoms with Gasteiger partial charge in [0.15, 0.2) is 23.0 Å². The molecular weight excluding hydrogens is 406 g/mol. The second-order valence-corrected chi connectivity index (χ2v) is 7.68. The molecule has 0 amide bonds. The highest BCUT2D eigenvalue weighted by atomic mass is 16.5. The van der Waals surface area contributed by atoms with E-state index in [0.29, 0.717) is 0 Å². The van der Waals surface area contributed by atoms with Gasteiger partial charge in [-0.2, -0.15) is 0 Å². The van der Waals surface area contributed by atoms with Gasteiger partial charge in [0.1, 0.15) is 6.10 Å². The number of ether oxygens (including phenoxy) is 2. The molecular formula is C26H27NO5. The third-order valence-electron chi connectivity index (χ3n) is 5.35. The zero-order valence-corrected chi connectivity index (χ0v) is 18.4. The van der Waals surface area contributed by atoms with Crippen LogP contribution in [0.25, 0.3) is 0 Å². The van der Waals surface area contributed by atoms with E-state index in [0.717, 1.165) is 11.1 Å². The van der Waals surface area contributed by atoms with Gasteiger partial charge in [0.2, 0.25) is 0 Å². The summed E-state index contributed by atoms with van der Waals surface area (Å²) in [5.74, 6) is -1.97. The number of Topliss-reactive ketones (excluding diaryl/α,β-unsaturated/α-hetero) is 1. The largest absolute Gasteiger partial charge is 0.503 e. The summed E-state index contributed by atoms with van der Waals surface area (Å²) in [5.41, 5.74) is 1.95. The topological polar surface area (TPSA) is 85.7 Å². The van der Waals surface area contributed by atoms with Gasteiger partial charge >= 0.3 is 5.97 Å². The normalized spacial score (nSPS) is 12.8. The number of nitrogens with zero attached hydrogens (tertiary/aromatic N) is 1. The molecule has 3 aromatic rings. The highest BCUT2D eigenvalue weighted by molar-refractivity contribution is 5.99. The predicted molar refractivity (Wildman–Crippen MR) is 121 cm³/mol. The molecule has 0 unspecified atom stereocenters. The number of ketones is 1. The Kier molecular flexibility index (Phi) is 7.60.